The number of esters is 1. The smallest absolute Gasteiger partial charge is 0.338 e. The lowest BCUT2D eigenvalue weighted by molar-refractivity contribution is -0.135. The summed E-state index contributed by atoms with van der Waals surface area (Å²) in [7, 11) is -0.688. The van der Waals surface area contributed by atoms with Gasteiger partial charge in [-0.2, -0.15) is 0 Å². The molecule has 0 saturated carbocycles. The van der Waals surface area contributed by atoms with Crippen molar-refractivity contribution in [2.24, 2.45) is 5.92 Å². The summed E-state index contributed by atoms with van der Waals surface area (Å²) >= 11 is 0. The molecule has 0 atom stereocenters. The van der Waals surface area contributed by atoms with Crippen molar-refractivity contribution in [3.05, 3.63) is 65.7 Å². The molecule has 0 aliphatic carbocycles. The molecule has 0 unspecified atom stereocenters. The molecule has 1 amide bonds. The first-order chi connectivity index (χ1) is 14.8. The van der Waals surface area contributed by atoms with E-state index >= 15 is 0 Å². The summed E-state index contributed by atoms with van der Waals surface area (Å²) in [5.41, 5.74) is 1.51. The maximum absolute atomic E-state index is 12.4. The minimum absolute atomic E-state index is 0.0866. The summed E-state index contributed by atoms with van der Waals surface area (Å²) < 4.78 is 30.4. The molecule has 1 aliphatic rings. The van der Waals surface area contributed by atoms with Crippen LogP contribution in [0.3, 0.4) is 0 Å². The average Bonchev–Trinajstić information content (AvgIpc) is 2.78. The quantitative estimate of drug-likeness (QED) is 0.613. The molecule has 0 radical (unpaired) electrons. The number of carbonyl (C=O) groups excluding carboxylic acids is 2. The molecule has 0 N–H and O–H groups in total. The Morgan fingerprint density at radius 2 is 1.61 bits per heavy atom. The lowest BCUT2D eigenvalue weighted by Crippen LogP contribution is -2.41. The average molecular weight is 445 g/mol. The molecule has 2 aromatic carbocycles. The second-order valence-corrected chi connectivity index (χ2v) is 10.1. The lowest BCUT2D eigenvalue weighted by Gasteiger charge is -2.32. The zero-order valence-corrected chi connectivity index (χ0v) is 18.7. The number of likely N-dealkylation sites (tertiary alicyclic amines) is 1. The van der Waals surface area contributed by atoms with Gasteiger partial charge in [0, 0.05) is 27.2 Å². The second kappa shape index (κ2) is 10.1. The Morgan fingerprint density at radius 3 is 2.19 bits per heavy atom. The number of hydrogen-bond acceptors (Lipinski definition) is 5. The molecule has 1 fully saturated rings. The Hall–Kier alpha value is -2.71. The highest BCUT2D eigenvalue weighted by molar-refractivity contribution is 7.89. The fraction of sp³-hybridized carbons (Fsp3) is 0.391. The van der Waals surface area contributed by atoms with Gasteiger partial charge in [0.2, 0.25) is 10.0 Å². The Morgan fingerprint density at radius 1 is 1.00 bits per heavy atom. The van der Waals surface area contributed by atoms with E-state index in [9.17, 15) is 18.0 Å². The van der Waals surface area contributed by atoms with Crippen LogP contribution < -0.4 is 0 Å². The molecule has 1 aliphatic heterocycles. The van der Waals surface area contributed by atoms with Crippen LogP contribution in [0, 0.1) is 5.92 Å². The first-order valence-corrected chi connectivity index (χ1v) is 11.7. The van der Waals surface area contributed by atoms with Crippen molar-refractivity contribution in [3.63, 3.8) is 0 Å². The highest BCUT2D eigenvalue weighted by atomic mass is 32.2. The van der Waals surface area contributed by atoms with Crippen LogP contribution in [-0.2, 0) is 26.0 Å². The molecule has 1 heterocycles. The summed E-state index contributed by atoms with van der Waals surface area (Å²) in [4.78, 5) is 26.5. The largest absolute Gasteiger partial charge is 0.452 e. The van der Waals surface area contributed by atoms with E-state index in [1.807, 2.05) is 18.2 Å². The van der Waals surface area contributed by atoms with Gasteiger partial charge in [-0.05, 0) is 55.0 Å². The highest BCUT2D eigenvalue weighted by Gasteiger charge is 2.24. The van der Waals surface area contributed by atoms with Crippen LogP contribution >= 0.6 is 0 Å². The van der Waals surface area contributed by atoms with Gasteiger partial charge in [0.25, 0.3) is 5.91 Å². The molecule has 7 nitrogen and oxygen atoms in total. The second-order valence-electron chi connectivity index (χ2n) is 7.90. The molecule has 1 saturated heterocycles. The Bertz CT molecular complexity index is 996. The molecular weight excluding hydrogens is 416 g/mol. The number of nitrogens with zero attached hydrogens (tertiary/aromatic N) is 2. The predicted molar refractivity (Wildman–Crippen MR) is 117 cm³/mol. The highest BCUT2D eigenvalue weighted by Crippen LogP contribution is 2.22. The van der Waals surface area contributed by atoms with Crippen LogP contribution in [0.2, 0.25) is 0 Å². The van der Waals surface area contributed by atoms with E-state index in [4.69, 9.17) is 4.74 Å². The SMILES string of the molecule is CN(C)S(=O)(=O)c1ccc(C(=O)OCC(=O)N2CCC(Cc3ccccc3)CC2)cc1. The molecular formula is C23H28N2O5S. The van der Waals surface area contributed by atoms with Gasteiger partial charge in [0.15, 0.2) is 6.61 Å². The third kappa shape index (κ3) is 5.92. The molecule has 0 bridgehead atoms. The Balaban J connectivity index is 1.46. The van der Waals surface area contributed by atoms with Crippen LogP contribution in [0.4, 0.5) is 0 Å². The first-order valence-electron chi connectivity index (χ1n) is 10.3. The fourth-order valence-corrected chi connectivity index (χ4v) is 4.51. The number of amides is 1. The van der Waals surface area contributed by atoms with Crippen LogP contribution in [0.25, 0.3) is 0 Å². The Labute approximate surface area is 183 Å². The van der Waals surface area contributed by atoms with Gasteiger partial charge in [-0.3, -0.25) is 4.79 Å². The van der Waals surface area contributed by atoms with Gasteiger partial charge in [0.05, 0.1) is 10.5 Å². The molecule has 2 aromatic rings. The van der Waals surface area contributed by atoms with E-state index in [-0.39, 0.29) is 23.0 Å². The van der Waals surface area contributed by atoms with Crippen molar-refractivity contribution in [1.82, 2.24) is 9.21 Å². The van der Waals surface area contributed by atoms with Crippen molar-refractivity contribution < 1.29 is 22.7 Å². The van der Waals surface area contributed by atoms with Gasteiger partial charge in [-0.25, -0.2) is 17.5 Å². The summed E-state index contributed by atoms with van der Waals surface area (Å²) in [5, 5.41) is 0. The molecule has 166 valence electrons. The first kappa shape index (κ1) is 23.0. The zero-order valence-electron chi connectivity index (χ0n) is 17.9. The maximum Gasteiger partial charge on any atom is 0.338 e. The number of benzene rings is 2. The minimum Gasteiger partial charge on any atom is -0.452 e. The number of rotatable bonds is 7. The summed E-state index contributed by atoms with van der Waals surface area (Å²) in [6, 6.07) is 15.8. The normalized spacial score (nSPS) is 15.1. The van der Waals surface area contributed by atoms with Crippen LogP contribution in [0.1, 0.15) is 28.8 Å². The van der Waals surface area contributed by atoms with Gasteiger partial charge >= 0.3 is 5.97 Å². The molecule has 0 aromatic heterocycles. The summed E-state index contributed by atoms with van der Waals surface area (Å²) in [6.45, 7) is 0.996. The monoisotopic (exact) mass is 444 g/mol. The van der Waals surface area contributed by atoms with Gasteiger partial charge < -0.3 is 9.64 Å². The number of carbonyl (C=O) groups is 2. The predicted octanol–water partition coefficient (Wildman–Crippen LogP) is 2.58. The van der Waals surface area contributed by atoms with E-state index in [1.165, 1.54) is 43.9 Å². The number of hydrogen-bond donors (Lipinski definition) is 0. The van der Waals surface area contributed by atoms with E-state index in [0.717, 1.165) is 23.6 Å². The topological polar surface area (TPSA) is 84.0 Å². The van der Waals surface area contributed by atoms with Crippen LogP contribution in [-0.4, -0.2) is 63.3 Å². The molecule has 31 heavy (non-hydrogen) atoms. The number of ether oxygens (including phenoxy) is 1. The van der Waals surface area contributed by atoms with Gasteiger partial charge in [-0.15, -0.1) is 0 Å². The van der Waals surface area contributed by atoms with Gasteiger partial charge in [-0.1, -0.05) is 30.3 Å². The number of sulfonamides is 1. The lowest BCUT2D eigenvalue weighted by atomic mass is 9.90. The maximum atomic E-state index is 12.4. The van der Waals surface area contributed by atoms with Crippen LogP contribution in [0.5, 0.6) is 0 Å². The van der Waals surface area contributed by atoms with E-state index < -0.39 is 16.0 Å². The summed E-state index contributed by atoms with van der Waals surface area (Å²) in [6.07, 6.45) is 2.87. The molecule has 3 rings (SSSR count). The van der Waals surface area contributed by atoms with E-state index in [1.54, 1.807) is 4.90 Å². The number of piperidine rings is 1. The molecule has 8 heteroatoms. The van der Waals surface area contributed by atoms with Crippen molar-refractivity contribution in [3.8, 4) is 0 Å². The third-order valence-electron chi connectivity index (χ3n) is 5.53. The molecule has 0 spiro atoms. The standard InChI is InChI=1S/C23H28N2O5S/c1-24(2)31(28,29)21-10-8-20(9-11-21)23(27)30-17-22(26)25-14-12-19(13-15-25)16-18-6-4-3-5-7-18/h3-11,19H,12-17H2,1-2H3. The van der Waals surface area contributed by atoms with Crippen molar-refractivity contribution in [2.75, 3.05) is 33.8 Å². The zero-order chi connectivity index (χ0) is 22.4. The third-order valence-corrected chi connectivity index (χ3v) is 7.36. The van der Waals surface area contributed by atoms with E-state index in [0.29, 0.717) is 19.0 Å². The van der Waals surface area contributed by atoms with E-state index in [2.05, 4.69) is 12.1 Å². The Kier molecular flexibility index (Phi) is 7.46. The van der Waals surface area contributed by atoms with Gasteiger partial charge in [0.1, 0.15) is 0 Å². The van der Waals surface area contributed by atoms with Crippen molar-refractivity contribution in [2.45, 2.75) is 24.2 Å². The van der Waals surface area contributed by atoms with Crippen LogP contribution in [0.15, 0.2) is 59.5 Å². The fourth-order valence-electron chi connectivity index (χ4n) is 3.61. The van der Waals surface area contributed by atoms with Crippen molar-refractivity contribution in [1.29, 1.82) is 0 Å². The summed E-state index contributed by atoms with van der Waals surface area (Å²) in [5.74, 6) is -0.314. The minimum atomic E-state index is -3.56. The van der Waals surface area contributed by atoms with Crippen molar-refractivity contribution >= 4 is 21.9 Å².